The van der Waals surface area contributed by atoms with Gasteiger partial charge >= 0.3 is 0 Å². The lowest BCUT2D eigenvalue weighted by atomic mass is 9.92. The Morgan fingerprint density at radius 1 is 1.44 bits per heavy atom. The zero-order valence-corrected chi connectivity index (χ0v) is 10.1. The van der Waals surface area contributed by atoms with E-state index in [1.807, 2.05) is 6.20 Å². The molecule has 16 heavy (non-hydrogen) atoms. The first-order valence-electron chi connectivity index (χ1n) is 6.10. The number of rotatable bonds is 5. The summed E-state index contributed by atoms with van der Waals surface area (Å²) in [6, 6.07) is 0.663. The van der Waals surface area contributed by atoms with Gasteiger partial charge in [-0.3, -0.25) is 4.98 Å². The summed E-state index contributed by atoms with van der Waals surface area (Å²) < 4.78 is 0. The number of anilines is 2. The van der Waals surface area contributed by atoms with Crippen molar-refractivity contribution in [2.75, 3.05) is 23.8 Å². The molecule has 0 amide bonds. The molecule has 0 unspecified atom stereocenters. The van der Waals surface area contributed by atoms with E-state index in [9.17, 15) is 0 Å². The van der Waals surface area contributed by atoms with Gasteiger partial charge < -0.3 is 10.2 Å². The van der Waals surface area contributed by atoms with Crippen LogP contribution in [0.5, 0.6) is 0 Å². The summed E-state index contributed by atoms with van der Waals surface area (Å²) in [5.41, 5.74) is 0. The smallest absolute Gasteiger partial charge is 0.149 e. The van der Waals surface area contributed by atoms with Gasteiger partial charge in [-0.05, 0) is 25.7 Å². The van der Waals surface area contributed by atoms with E-state index in [4.69, 9.17) is 0 Å². The second-order valence-electron chi connectivity index (χ2n) is 4.38. The molecule has 0 atom stereocenters. The molecule has 0 radical (unpaired) electrons. The van der Waals surface area contributed by atoms with Crippen molar-refractivity contribution in [2.45, 2.75) is 38.6 Å². The van der Waals surface area contributed by atoms with E-state index in [-0.39, 0.29) is 0 Å². The molecular weight excluding hydrogens is 200 g/mol. The predicted molar refractivity (Wildman–Crippen MR) is 66.9 cm³/mol. The van der Waals surface area contributed by atoms with Crippen LogP contribution in [0.3, 0.4) is 0 Å². The van der Waals surface area contributed by atoms with Crippen LogP contribution in [0, 0.1) is 0 Å². The molecule has 1 aromatic rings. The lowest BCUT2D eigenvalue weighted by Gasteiger charge is -2.35. The third-order valence-electron chi connectivity index (χ3n) is 3.16. The zero-order valence-electron chi connectivity index (χ0n) is 10.1. The van der Waals surface area contributed by atoms with Gasteiger partial charge in [0.2, 0.25) is 0 Å². The van der Waals surface area contributed by atoms with E-state index in [1.165, 1.54) is 19.3 Å². The van der Waals surface area contributed by atoms with Crippen molar-refractivity contribution < 1.29 is 0 Å². The highest BCUT2D eigenvalue weighted by molar-refractivity contribution is 5.44. The van der Waals surface area contributed by atoms with Gasteiger partial charge in [-0.1, -0.05) is 6.92 Å². The maximum absolute atomic E-state index is 4.57. The van der Waals surface area contributed by atoms with Crippen molar-refractivity contribution in [3.63, 3.8) is 0 Å². The van der Waals surface area contributed by atoms with Gasteiger partial charge in [0.05, 0.1) is 12.4 Å². The van der Waals surface area contributed by atoms with Crippen LogP contribution in [0.2, 0.25) is 0 Å². The molecule has 0 aromatic carbocycles. The van der Waals surface area contributed by atoms with E-state index < -0.39 is 0 Å². The van der Waals surface area contributed by atoms with E-state index >= 15 is 0 Å². The average molecular weight is 220 g/mol. The summed E-state index contributed by atoms with van der Waals surface area (Å²) in [5, 5.41) is 3.26. The minimum absolute atomic E-state index is 0.663. The second-order valence-corrected chi connectivity index (χ2v) is 4.38. The Labute approximate surface area is 97.1 Å². The number of nitrogens with zero attached hydrogens (tertiary/aromatic N) is 3. The summed E-state index contributed by atoms with van der Waals surface area (Å²) >= 11 is 0. The number of hydrogen-bond donors (Lipinski definition) is 1. The second kappa shape index (κ2) is 5.14. The van der Waals surface area contributed by atoms with Crippen molar-refractivity contribution in [2.24, 2.45) is 0 Å². The SMILES string of the molecule is CCCNc1cncc(N(C)C2CCC2)n1. The van der Waals surface area contributed by atoms with Gasteiger partial charge in [0.1, 0.15) is 11.6 Å². The third-order valence-corrected chi connectivity index (χ3v) is 3.16. The molecular formula is C12H20N4. The van der Waals surface area contributed by atoms with E-state index in [2.05, 4.69) is 34.2 Å². The average Bonchev–Trinajstić information content (AvgIpc) is 2.24. The summed E-state index contributed by atoms with van der Waals surface area (Å²) in [6.07, 6.45) is 8.64. The van der Waals surface area contributed by atoms with Crippen LogP contribution in [0.15, 0.2) is 12.4 Å². The molecule has 1 aromatic heterocycles. The lowest BCUT2D eigenvalue weighted by Crippen LogP contribution is -2.37. The maximum atomic E-state index is 4.57. The predicted octanol–water partition coefficient (Wildman–Crippen LogP) is 2.29. The molecule has 4 heteroatoms. The van der Waals surface area contributed by atoms with E-state index in [0.717, 1.165) is 24.6 Å². The number of aromatic nitrogens is 2. The van der Waals surface area contributed by atoms with Crippen LogP contribution in [0.25, 0.3) is 0 Å². The van der Waals surface area contributed by atoms with Crippen molar-refractivity contribution in [1.29, 1.82) is 0 Å². The molecule has 0 bridgehead atoms. The highest BCUT2D eigenvalue weighted by Gasteiger charge is 2.23. The van der Waals surface area contributed by atoms with Crippen molar-refractivity contribution >= 4 is 11.6 Å². The molecule has 2 rings (SSSR count). The fourth-order valence-corrected chi connectivity index (χ4v) is 1.82. The molecule has 1 aliphatic rings. The lowest BCUT2D eigenvalue weighted by molar-refractivity contribution is 0.399. The molecule has 1 saturated carbocycles. The Balaban J connectivity index is 2.02. The van der Waals surface area contributed by atoms with Crippen LogP contribution in [0.4, 0.5) is 11.6 Å². The molecule has 0 saturated heterocycles. The van der Waals surface area contributed by atoms with Crippen molar-refractivity contribution in [3.05, 3.63) is 12.4 Å². The van der Waals surface area contributed by atoms with Gasteiger partial charge in [-0.25, -0.2) is 4.98 Å². The van der Waals surface area contributed by atoms with Gasteiger partial charge in [0.15, 0.2) is 0 Å². The van der Waals surface area contributed by atoms with E-state index in [0.29, 0.717) is 6.04 Å². The first kappa shape index (κ1) is 11.2. The van der Waals surface area contributed by atoms with Crippen molar-refractivity contribution in [3.8, 4) is 0 Å². The van der Waals surface area contributed by atoms with Crippen LogP contribution in [-0.4, -0.2) is 29.6 Å². The Kier molecular flexibility index (Phi) is 3.59. The van der Waals surface area contributed by atoms with Crippen LogP contribution < -0.4 is 10.2 Å². The Hall–Kier alpha value is -1.32. The van der Waals surface area contributed by atoms with Crippen LogP contribution in [-0.2, 0) is 0 Å². The van der Waals surface area contributed by atoms with Gasteiger partial charge in [0, 0.05) is 19.6 Å². The first-order chi connectivity index (χ1) is 7.81. The van der Waals surface area contributed by atoms with Crippen LogP contribution in [0.1, 0.15) is 32.6 Å². The highest BCUT2D eigenvalue weighted by Crippen LogP contribution is 2.27. The molecule has 0 aliphatic heterocycles. The van der Waals surface area contributed by atoms with Gasteiger partial charge in [-0.15, -0.1) is 0 Å². The largest absolute Gasteiger partial charge is 0.369 e. The molecule has 1 fully saturated rings. The molecule has 1 aliphatic carbocycles. The molecule has 1 heterocycles. The monoisotopic (exact) mass is 220 g/mol. The number of hydrogen-bond acceptors (Lipinski definition) is 4. The quantitative estimate of drug-likeness (QED) is 0.826. The fourth-order valence-electron chi connectivity index (χ4n) is 1.82. The van der Waals surface area contributed by atoms with Crippen molar-refractivity contribution in [1.82, 2.24) is 9.97 Å². The van der Waals surface area contributed by atoms with Gasteiger partial charge in [-0.2, -0.15) is 0 Å². The normalized spacial score (nSPS) is 15.6. The Bertz CT molecular complexity index is 336. The summed E-state index contributed by atoms with van der Waals surface area (Å²) in [6.45, 7) is 3.09. The molecule has 4 nitrogen and oxygen atoms in total. The third kappa shape index (κ3) is 2.43. The van der Waals surface area contributed by atoms with Gasteiger partial charge in [0.25, 0.3) is 0 Å². The first-order valence-corrected chi connectivity index (χ1v) is 6.10. The summed E-state index contributed by atoms with van der Waals surface area (Å²) in [5.74, 6) is 1.86. The summed E-state index contributed by atoms with van der Waals surface area (Å²) in [7, 11) is 2.11. The van der Waals surface area contributed by atoms with E-state index in [1.54, 1.807) is 6.20 Å². The van der Waals surface area contributed by atoms with Crippen LogP contribution >= 0.6 is 0 Å². The Morgan fingerprint density at radius 2 is 2.25 bits per heavy atom. The molecule has 88 valence electrons. The maximum Gasteiger partial charge on any atom is 0.149 e. The highest BCUT2D eigenvalue weighted by atomic mass is 15.2. The number of nitrogens with one attached hydrogen (secondary N) is 1. The zero-order chi connectivity index (χ0) is 11.4. The molecule has 0 spiro atoms. The summed E-state index contributed by atoms with van der Waals surface area (Å²) in [4.78, 5) is 11.0. The standard InChI is InChI=1S/C12H20N4/c1-3-7-14-11-8-13-9-12(15-11)16(2)10-5-4-6-10/h8-10H,3-7H2,1-2H3,(H,14,15). The molecule has 1 N–H and O–H groups in total. The minimum atomic E-state index is 0.663. The minimum Gasteiger partial charge on any atom is -0.369 e. The Morgan fingerprint density at radius 3 is 2.88 bits per heavy atom. The fraction of sp³-hybridized carbons (Fsp3) is 0.667. The topological polar surface area (TPSA) is 41.1 Å².